The smallest absolute Gasteiger partial charge is 0.0902 e. The fourth-order valence-corrected chi connectivity index (χ4v) is 2.04. The summed E-state index contributed by atoms with van der Waals surface area (Å²) in [5.41, 5.74) is 1.75. The summed E-state index contributed by atoms with van der Waals surface area (Å²) in [5.74, 6) is 0. The van der Waals surface area contributed by atoms with E-state index in [1.807, 2.05) is 9.24 Å². The van der Waals surface area contributed by atoms with Crippen LogP contribution in [0.2, 0.25) is 0 Å². The van der Waals surface area contributed by atoms with Crippen LogP contribution >= 0.6 is 9.24 Å². The van der Waals surface area contributed by atoms with Crippen molar-refractivity contribution in [2.75, 3.05) is 0 Å². The van der Waals surface area contributed by atoms with E-state index in [1.54, 1.807) is 0 Å². The zero-order valence-corrected chi connectivity index (χ0v) is 9.38. The van der Waals surface area contributed by atoms with Gasteiger partial charge >= 0.3 is 0 Å². The van der Waals surface area contributed by atoms with Gasteiger partial charge in [-0.2, -0.15) is 0 Å². The Labute approximate surface area is 76.7 Å². The third-order valence-corrected chi connectivity index (χ3v) is 2.44. The Morgan fingerprint density at radius 3 is 1.92 bits per heavy atom. The van der Waals surface area contributed by atoms with Crippen molar-refractivity contribution in [2.24, 2.45) is 0 Å². The van der Waals surface area contributed by atoms with E-state index in [4.69, 9.17) is 0 Å². The topological polar surface area (TPSA) is 30.0 Å². The number of hydrogen-bond donors (Lipinski definition) is 0. The molecule has 0 radical (unpaired) electrons. The van der Waals surface area contributed by atoms with Crippen LogP contribution in [0.15, 0.2) is 24.3 Å². The maximum Gasteiger partial charge on any atom is 0.0902 e. The van der Waals surface area contributed by atoms with Crippen LogP contribution in [0.5, 0.6) is 0 Å². The van der Waals surface area contributed by atoms with Crippen LogP contribution < -0.4 is 5.30 Å². The summed E-state index contributed by atoms with van der Waals surface area (Å²) in [5, 5.41) is 1.42. The molecule has 0 aliphatic heterocycles. The molecule has 0 amide bonds. The standard InChI is InChI=1S/C10H15P.H2O/c1-10(2,3)8-6-4-5-7-9(8)11;/h4-7H,11H2,1-3H3;1H2. The van der Waals surface area contributed by atoms with Crippen molar-refractivity contribution in [2.45, 2.75) is 26.2 Å². The molecular weight excluding hydrogens is 167 g/mol. The minimum absolute atomic E-state index is 0. The monoisotopic (exact) mass is 184 g/mol. The van der Waals surface area contributed by atoms with Crippen molar-refractivity contribution in [3.8, 4) is 0 Å². The van der Waals surface area contributed by atoms with Crippen molar-refractivity contribution < 1.29 is 5.48 Å². The molecule has 0 heterocycles. The van der Waals surface area contributed by atoms with E-state index in [1.165, 1.54) is 10.9 Å². The molecule has 0 aliphatic rings. The molecule has 1 nitrogen and oxygen atoms in total. The second kappa shape index (κ2) is 4.02. The van der Waals surface area contributed by atoms with Gasteiger partial charge in [-0.15, -0.1) is 0 Å². The van der Waals surface area contributed by atoms with Crippen molar-refractivity contribution >= 4 is 14.5 Å². The Kier molecular flexibility index (Phi) is 3.89. The van der Waals surface area contributed by atoms with Gasteiger partial charge in [-0.25, -0.2) is 0 Å². The van der Waals surface area contributed by atoms with E-state index in [2.05, 4.69) is 45.0 Å². The van der Waals surface area contributed by atoms with E-state index >= 15 is 0 Å². The fourth-order valence-electron chi connectivity index (χ4n) is 1.25. The Bertz CT molecular complexity index is 250. The predicted molar refractivity (Wildman–Crippen MR) is 57.8 cm³/mol. The third kappa shape index (κ3) is 2.58. The molecule has 0 aromatic heterocycles. The zero-order chi connectivity index (χ0) is 8.48. The molecule has 0 bridgehead atoms. The highest BCUT2D eigenvalue weighted by atomic mass is 31.0. The molecule has 0 fully saturated rings. The lowest BCUT2D eigenvalue weighted by molar-refractivity contribution is 0.594. The maximum atomic E-state index is 2.25. The maximum absolute atomic E-state index is 2.25. The van der Waals surface area contributed by atoms with Gasteiger partial charge in [0.25, 0.3) is 0 Å². The molecule has 68 valence electrons. The summed E-state index contributed by atoms with van der Waals surface area (Å²) in [4.78, 5) is 0. The summed E-state index contributed by atoms with van der Waals surface area (Å²) >= 11 is 0. The normalized spacial score (nSPS) is 10.9. The highest BCUT2D eigenvalue weighted by Gasteiger charge is 2.16. The number of rotatable bonds is 0. The van der Waals surface area contributed by atoms with Crippen LogP contribution in [-0.2, 0) is 5.41 Å². The van der Waals surface area contributed by atoms with Crippen molar-refractivity contribution in [3.05, 3.63) is 29.8 Å². The van der Waals surface area contributed by atoms with Gasteiger partial charge in [0, 0.05) is 9.24 Å². The molecule has 1 unspecified atom stereocenters. The van der Waals surface area contributed by atoms with Crippen LogP contribution in [-0.4, -0.2) is 5.48 Å². The summed E-state index contributed by atoms with van der Waals surface area (Å²) in [7, 11) is 1.97. The average Bonchev–Trinajstić information content (AvgIpc) is 1.86. The first-order valence-electron chi connectivity index (χ1n) is 3.93. The molecule has 1 atom stereocenters. The zero-order valence-electron chi connectivity index (χ0n) is 7.96. The fraction of sp³-hybridized carbons (Fsp3) is 0.400. The lowest BCUT2D eigenvalue weighted by Crippen LogP contribution is -2.18. The highest BCUT2D eigenvalue weighted by Crippen LogP contribution is 2.20. The van der Waals surface area contributed by atoms with E-state index in [0.29, 0.717) is 5.41 Å². The minimum atomic E-state index is 0. The Morgan fingerprint density at radius 2 is 1.58 bits per heavy atom. The third-order valence-electron chi connectivity index (χ3n) is 1.83. The number of benzene rings is 1. The molecular formula is C10H17OP. The second-order valence-electron chi connectivity index (χ2n) is 3.91. The van der Waals surface area contributed by atoms with Gasteiger partial charge in [0.2, 0.25) is 0 Å². The van der Waals surface area contributed by atoms with Crippen LogP contribution in [0.1, 0.15) is 26.3 Å². The van der Waals surface area contributed by atoms with Gasteiger partial charge in [-0.05, 0) is 17.0 Å². The van der Waals surface area contributed by atoms with Gasteiger partial charge in [-0.3, -0.25) is 0 Å². The molecule has 1 N–H and O–H groups in total. The first-order chi connectivity index (χ1) is 5.02. The summed E-state index contributed by atoms with van der Waals surface area (Å²) in [6.45, 7) is 6.75. The van der Waals surface area contributed by atoms with Crippen LogP contribution in [0, 0.1) is 0 Å². The molecule has 0 saturated heterocycles. The van der Waals surface area contributed by atoms with Gasteiger partial charge in [0.05, 0.1) is 5.30 Å². The predicted octanol–water partition coefficient (Wildman–Crippen LogP) is 2.04. The van der Waals surface area contributed by atoms with Gasteiger partial charge in [0.15, 0.2) is 0 Å². The molecule has 1 rings (SSSR count). The van der Waals surface area contributed by atoms with Crippen LogP contribution in [0.3, 0.4) is 0 Å². The van der Waals surface area contributed by atoms with Gasteiger partial charge in [0.1, 0.15) is 0 Å². The summed E-state index contributed by atoms with van der Waals surface area (Å²) in [6, 6.07) is 8.59. The van der Waals surface area contributed by atoms with Crippen molar-refractivity contribution in [3.63, 3.8) is 0 Å². The molecule has 0 saturated carbocycles. The van der Waals surface area contributed by atoms with E-state index in [0.717, 1.165) is 0 Å². The minimum Gasteiger partial charge on any atom is -0.870 e. The second-order valence-corrected chi connectivity index (χ2v) is 4.67. The number of hydrogen-bond acceptors (Lipinski definition) is 1. The van der Waals surface area contributed by atoms with E-state index < -0.39 is 0 Å². The van der Waals surface area contributed by atoms with Gasteiger partial charge < -0.3 is 5.48 Å². The van der Waals surface area contributed by atoms with Gasteiger partial charge in [-0.1, -0.05) is 39.0 Å². The van der Waals surface area contributed by atoms with Crippen molar-refractivity contribution in [1.82, 2.24) is 0 Å². The summed E-state index contributed by atoms with van der Waals surface area (Å²) in [6.07, 6.45) is 0. The molecule has 2 heteroatoms. The Hall–Kier alpha value is -0.390. The van der Waals surface area contributed by atoms with Crippen LogP contribution in [0.4, 0.5) is 0 Å². The lowest BCUT2D eigenvalue weighted by Gasteiger charge is -2.18. The summed E-state index contributed by atoms with van der Waals surface area (Å²) < 4.78 is 0. The molecule has 12 heavy (non-hydrogen) atoms. The van der Waals surface area contributed by atoms with Crippen molar-refractivity contribution in [1.29, 1.82) is 0 Å². The molecule has 1 aromatic rings. The largest absolute Gasteiger partial charge is 0.870 e. The average molecular weight is 184 g/mol. The van der Waals surface area contributed by atoms with Crippen LogP contribution in [0.25, 0.3) is 0 Å². The highest BCUT2D eigenvalue weighted by molar-refractivity contribution is 7.27. The Balaban J connectivity index is 0.00000121. The first kappa shape index (κ1) is 11.6. The molecule has 1 aromatic carbocycles. The molecule has 0 spiro atoms. The quantitative estimate of drug-likeness (QED) is 0.567. The SMILES string of the molecule is CC(C)(C)c1ccccc1[PH3+].[OH-]. The first-order valence-corrected chi connectivity index (χ1v) is 4.64. The lowest BCUT2D eigenvalue weighted by atomic mass is 9.87. The molecule has 0 aliphatic carbocycles. The van der Waals surface area contributed by atoms with E-state index in [-0.39, 0.29) is 5.48 Å². The van der Waals surface area contributed by atoms with E-state index in [9.17, 15) is 0 Å². The Morgan fingerprint density at radius 1 is 1.08 bits per heavy atom.